The summed E-state index contributed by atoms with van der Waals surface area (Å²) in [7, 11) is 1.33. The lowest BCUT2D eigenvalue weighted by molar-refractivity contribution is 0.0564. The Morgan fingerprint density at radius 2 is 2.20 bits per heavy atom. The van der Waals surface area contributed by atoms with Gasteiger partial charge < -0.3 is 9.15 Å². The lowest BCUT2D eigenvalue weighted by atomic mass is 10.1. The minimum atomic E-state index is -0.502. The number of aryl methyl sites for hydroxylation is 2. The van der Waals surface area contributed by atoms with E-state index in [-0.39, 0.29) is 5.76 Å². The molecule has 106 valence electrons. The zero-order chi connectivity index (χ0) is 14.7. The Morgan fingerprint density at radius 1 is 1.45 bits per heavy atom. The van der Waals surface area contributed by atoms with Gasteiger partial charge in [0.15, 0.2) is 0 Å². The fourth-order valence-electron chi connectivity index (χ4n) is 1.91. The third-order valence-corrected chi connectivity index (χ3v) is 3.38. The molecule has 0 unspecified atom stereocenters. The summed E-state index contributed by atoms with van der Waals surface area (Å²) in [4.78, 5) is 16.1. The number of benzene rings is 1. The van der Waals surface area contributed by atoms with Crippen molar-refractivity contribution < 1.29 is 13.9 Å². The Bertz CT molecular complexity index is 634. The summed E-state index contributed by atoms with van der Waals surface area (Å²) in [6, 6.07) is 5.48. The standard InChI is InChI=1S/C15H16ClNO3/c1-4-5-12-13(15(18)19-3)20-14(17-12)10-6-7-11(16)9(2)8-10/h6-8H,4-5H2,1-3H3. The van der Waals surface area contributed by atoms with Crippen molar-refractivity contribution in [3.05, 3.63) is 40.2 Å². The van der Waals surface area contributed by atoms with Crippen molar-refractivity contribution in [3.63, 3.8) is 0 Å². The fourth-order valence-corrected chi connectivity index (χ4v) is 2.03. The number of halogens is 1. The molecule has 20 heavy (non-hydrogen) atoms. The molecule has 0 bridgehead atoms. The molecule has 2 aromatic rings. The summed E-state index contributed by atoms with van der Waals surface area (Å²) in [5.74, 6) is 0.0865. The van der Waals surface area contributed by atoms with Crippen LogP contribution in [0.4, 0.5) is 0 Å². The third-order valence-electron chi connectivity index (χ3n) is 2.96. The van der Waals surface area contributed by atoms with Crippen LogP contribution in [0, 0.1) is 6.92 Å². The molecule has 2 rings (SSSR count). The van der Waals surface area contributed by atoms with E-state index in [1.165, 1.54) is 7.11 Å². The molecular weight excluding hydrogens is 278 g/mol. The maximum atomic E-state index is 11.7. The van der Waals surface area contributed by atoms with Crippen molar-refractivity contribution in [2.24, 2.45) is 0 Å². The number of carbonyl (C=O) groups excluding carboxylic acids is 1. The van der Waals surface area contributed by atoms with Gasteiger partial charge in [-0.1, -0.05) is 24.9 Å². The van der Waals surface area contributed by atoms with Gasteiger partial charge in [0.25, 0.3) is 0 Å². The first-order chi connectivity index (χ1) is 9.56. The Kier molecular flexibility index (Phi) is 4.45. The first kappa shape index (κ1) is 14.6. The van der Waals surface area contributed by atoms with Crippen molar-refractivity contribution in [2.75, 3.05) is 7.11 Å². The van der Waals surface area contributed by atoms with Gasteiger partial charge in [0, 0.05) is 10.6 Å². The van der Waals surface area contributed by atoms with Gasteiger partial charge in [-0.3, -0.25) is 0 Å². The Hall–Kier alpha value is -1.81. The van der Waals surface area contributed by atoms with Gasteiger partial charge in [-0.2, -0.15) is 0 Å². The molecule has 0 N–H and O–H groups in total. The normalized spacial score (nSPS) is 10.6. The number of carbonyl (C=O) groups is 1. The molecule has 0 amide bonds. The molecule has 0 saturated carbocycles. The molecule has 0 aliphatic heterocycles. The highest BCUT2D eigenvalue weighted by molar-refractivity contribution is 6.31. The van der Waals surface area contributed by atoms with E-state index < -0.39 is 5.97 Å². The van der Waals surface area contributed by atoms with Gasteiger partial charge >= 0.3 is 5.97 Å². The van der Waals surface area contributed by atoms with Gasteiger partial charge in [0.1, 0.15) is 0 Å². The molecule has 0 spiro atoms. The van der Waals surface area contributed by atoms with E-state index in [9.17, 15) is 4.79 Å². The molecule has 0 saturated heterocycles. The van der Waals surface area contributed by atoms with Crippen LogP contribution in [-0.2, 0) is 11.2 Å². The second-order valence-corrected chi connectivity index (χ2v) is 4.91. The van der Waals surface area contributed by atoms with E-state index in [2.05, 4.69) is 4.98 Å². The number of hydrogen-bond donors (Lipinski definition) is 0. The van der Waals surface area contributed by atoms with Crippen molar-refractivity contribution >= 4 is 17.6 Å². The SMILES string of the molecule is CCCc1nc(-c2ccc(Cl)c(C)c2)oc1C(=O)OC. The molecule has 0 fully saturated rings. The maximum Gasteiger partial charge on any atom is 0.376 e. The molecular formula is C15H16ClNO3. The van der Waals surface area contributed by atoms with Gasteiger partial charge in [0.2, 0.25) is 11.7 Å². The van der Waals surface area contributed by atoms with Crippen LogP contribution in [0.2, 0.25) is 5.02 Å². The monoisotopic (exact) mass is 293 g/mol. The minimum Gasteiger partial charge on any atom is -0.463 e. The van der Waals surface area contributed by atoms with Crippen molar-refractivity contribution in [1.29, 1.82) is 0 Å². The largest absolute Gasteiger partial charge is 0.463 e. The van der Waals surface area contributed by atoms with E-state index in [4.69, 9.17) is 20.8 Å². The third kappa shape index (κ3) is 2.85. The molecule has 0 atom stereocenters. The van der Waals surface area contributed by atoms with Gasteiger partial charge in [-0.05, 0) is 37.1 Å². The average molecular weight is 294 g/mol. The zero-order valence-electron chi connectivity index (χ0n) is 11.7. The zero-order valence-corrected chi connectivity index (χ0v) is 12.5. The van der Waals surface area contributed by atoms with Crippen LogP contribution in [0.15, 0.2) is 22.6 Å². The number of esters is 1. The predicted molar refractivity (Wildman–Crippen MR) is 77.0 cm³/mol. The summed E-state index contributed by atoms with van der Waals surface area (Å²) in [6.07, 6.45) is 1.54. The van der Waals surface area contributed by atoms with Gasteiger partial charge in [0.05, 0.1) is 12.8 Å². The summed E-state index contributed by atoms with van der Waals surface area (Å²) in [6.45, 7) is 3.92. The number of rotatable bonds is 4. The summed E-state index contributed by atoms with van der Waals surface area (Å²) in [5.41, 5.74) is 2.35. The van der Waals surface area contributed by atoms with Crippen molar-refractivity contribution in [3.8, 4) is 11.5 Å². The first-order valence-electron chi connectivity index (χ1n) is 6.41. The van der Waals surface area contributed by atoms with E-state index >= 15 is 0 Å². The van der Waals surface area contributed by atoms with Crippen LogP contribution in [0.5, 0.6) is 0 Å². The molecule has 0 radical (unpaired) electrons. The molecule has 0 aliphatic rings. The minimum absolute atomic E-state index is 0.178. The van der Waals surface area contributed by atoms with Gasteiger partial charge in [-0.25, -0.2) is 9.78 Å². The van der Waals surface area contributed by atoms with Crippen LogP contribution >= 0.6 is 11.6 Å². The average Bonchev–Trinajstić information content (AvgIpc) is 2.85. The van der Waals surface area contributed by atoms with Crippen LogP contribution in [0.3, 0.4) is 0 Å². The van der Waals surface area contributed by atoms with E-state index in [0.29, 0.717) is 23.0 Å². The van der Waals surface area contributed by atoms with Crippen LogP contribution in [0.1, 0.15) is 35.2 Å². The lowest BCUT2D eigenvalue weighted by Crippen LogP contribution is -2.03. The van der Waals surface area contributed by atoms with Crippen molar-refractivity contribution in [1.82, 2.24) is 4.98 Å². The summed E-state index contributed by atoms with van der Waals surface area (Å²) >= 11 is 6.00. The summed E-state index contributed by atoms with van der Waals surface area (Å²) < 4.78 is 10.3. The number of methoxy groups -OCH3 is 1. The Morgan fingerprint density at radius 3 is 2.80 bits per heavy atom. The van der Waals surface area contributed by atoms with E-state index in [0.717, 1.165) is 17.5 Å². The topological polar surface area (TPSA) is 52.3 Å². The van der Waals surface area contributed by atoms with Crippen LogP contribution in [0.25, 0.3) is 11.5 Å². The number of hydrogen-bond acceptors (Lipinski definition) is 4. The second-order valence-electron chi connectivity index (χ2n) is 4.50. The first-order valence-corrected chi connectivity index (χ1v) is 6.79. The molecule has 1 heterocycles. The number of oxazole rings is 1. The number of ether oxygens (including phenoxy) is 1. The number of aromatic nitrogens is 1. The van der Waals surface area contributed by atoms with E-state index in [1.54, 1.807) is 6.07 Å². The molecule has 1 aromatic heterocycles. The second kappa shape index (κ2) is 6.09. The highest BCUT2D eigenvalue weighted by Crippen LogP contribution is 2.27. The predicted octanol–water partition coefficient (Wildman–Crippen LogP) is 4.04. The lowest BCUT2D eigenvalue weighted by Gasteiger charge is -1.99. The quantitative estimate of drug-likeness (QED) is 0.798. The van der Waals surface area contributed by atoms with Gasteiger partial charge in [-0.15, -0.1) is 0 Å². The highest BCUT2D eigenvalue weighted by atomic mass is 35.5. The maximum absolute atomic E-state index is 11.7. The smallest absolute Gasteiger partial charge is 0.376 e. The fraction of sp³-hybridized carbons (Fsp3) is 0.333. The summed E-state index contributed by atoms with van der Waals surface area (Å²) in [5, 5.41) is 0.683. The van der Waals surface area contributed by atoms with Crippen LogP contribution in [-0.4, -0.2) is 18.1 Å². The Balaban J connectivity index is 2.46. The molecule has 0 aliphatic carbocycles. The molecule has 1 aromatic carbocycles. The Labute approximate surface area is 122 Å². The molecule has 5 heteroatoms. The van der Waals surface area contributed by atoms with Crippen molar-refractivity contribution in [2.45, 2.75) is 26.7 Å². The number of nitrogens with zero attached hydrogens (tertiary/aromatic N) is 1. The molecule has 4 nitrogen and oxygen atoms in total. The van der Waals surface area contributed by atoms with E-state index in [1.807, 2.05) is 26.0 Å². The highest BCUT2D eigenvalue weighted by Gasteiger charge is 2.21. The van der Waals surface area contributed by atoms with Crippen LogP contribution < -0.4 is 0 Å².